The number of amidine groups is 1. The first-order chi connectivity index (χ1) is 9.33. The van der Waals surface area contributed by atoms with E-state index in [9.17, 15) is 4.79 Å². The van der Waals surface area contributed by atoms with E-state index in [1.54, 1.807) is 11.3 Å². The summed E-state index contributed by atoms with van der Waals surface area (Å²) in [5, 5.41) is 3.94. The largest absolute Gasteiger partial charge is 0.400 e. The molecule has 1 aliphatic rings. The van der Waals surface area contributed by atoms with Gasteiger partial charge in [0.2, 0.25) is 11.7 Å². The van der Waals surface area contributed by atoms with Crippen molar-refractivity contribution in [3.05, 3.63) is 44.8 Å². The first-order valence-corrected chi connectivity index (χ1v) is 7.50. The first kappa shape index (κ1) is 12.3. The van der Waals surface area contributed by atoms with Gasteiger partial charge in [0.25, 0.3) is 0 Å². The number of nitrogens with zero attached hydrogens (tertiary/aromatic N) is 2. The Morgan fingerprint density at radius 3 is 2.79 bits per heavy atom. The highest BCUT2D eigenvalue weighted by atomic mass is 32.1. The number of carbonyl (C=O) groups is 1. The van der Waals surface area contributed by atoms with Crippen molar-refractivity contribution in [1.82, 2.24) is 0 Å². The zero-order valence-corrected chi connectivity index (χ0v) is 11.5. The number of carbonyl (C=O) groups excluding carboxylic acids is 1. The summed E-state index contributed by atoms with van der Waals surface area (Å²) in [7, 11) is 0. The summed E-state index contributed by atoms with van der Waals surface area (Å²) in [4.78, 5) is 22.0. The Morgan fingerprint density at radius 1 is 1.21 bits per heavy atom. The summed E-state index contributed by atoms with van der Waals surface area (Å²) in [5.41, 5.74) is 0. The molecule has 6 heteroatoms. The van der Waals surface area contributed by atoms with Gasteiger partial charge < -0.3 is 4.74 Å². The fourth-order valence-corrected chi connectivity index (χ4v) is 2.98. The van der Waals surface area contributed by atoms with Crippen molar-refractivity contribution in [1.29, 1.82) is 0 Å². The molecule has 0 radical (unpaired) electrons. The fraction of sp³-hybridized carbons (Fsp3) is 0.154. The van der Waals surface area contributed by atoms with Crippen LogP contribution < -0.4 is 0 Å². The summed E-state index contributed by atoms with van der Waals surface area (Å²) in [6.45, 7) is 0.548. The smallest absolute Gasteiger partial charge is 0.382 e. The molecule has 0 saturated carbocycles. The van der Waals surface area contributed by atoms with Crippen LogP contribution in [0.2, 0.25) is 0 Å². The Labute approximate surface area is 118 Å². The molecule has 1 aliphatic heterocycles. The second-order valence-electron chi connectivity index (χ2n) is 3.82. The van der Waals surface area contributed by atoms with Crippen molar-refractivity contribution < 1.29 is 9.53 Å². The van der Waals surface area contributed by atoms with E-state index in [4.69, 9.17) is 4.74 Å². The van der Waals surface area contributed by atoms with Gasteiger partial charge in [-0.3, -0.25) is 4.99 Å². The van der Waals surface area contributed by atoms with Crippen LogP contribution in [0.25, 0.3) is 0 Å². The van der Waals surface area contributed by atoms with Gasteiger partial charge in [0.15, 0.2) is 0 Å². The summed E-state index contributed by atoms with van der Waals surface area (Å²) < 4.78 is 5.10. The molecule has 2 aromatic heterocycles. The van der Waals surface area contributed by atoms with Gasteiger partial charge in [0.1, 0.15) is 0 Å². The second-order valence-corrected chi connectivity index (χ2v) is 5.80. The SMILES string of the molecule is O=C1OC(c2cccs2)=NC1=NCCc1cccs1. The average molecular weight is 290 g/mol. The summed E-state index contributed by atoms with van der Waals surface area (Å²) in [6.07, 6.45) is 0.818. The molecule has 2 aromatic rings. The van der Waals surface area contributed by atoms with E-state index in [1.165, 1.54) is 16.2 Å². The molecule has 96 valence electrons. The summed E-state index contributed by atoms with van der Waals surface area (Å²) in [5.74, 6) is 0.0596. The molecule has 0 atom stereocenters. The van der Waals surface area contributed by atoms with Gasteiger partial charge in [-0.05, 0) is 22.9 Å². The van der Waals surface area contributed by atoms with Crippen LogP contribution in [0, 0.1) is 0 Å². The molecule has 0 aliphatic carbocycles. The van der Waals surface area contributed by atoms with Crippen LogP contribution in [0.1, 0.15) is 9.75 Å². The maximum Gasteiger partial charge on any atom is 0.382 e. The maximum atomic E-state index is 11.6. The molecule has 0 fully saturated rings. The van der Waals surface area contributed by atoms with E-state index in [2.05, 4.69) is 16.1 Å². The van der Waals surface area contributed by atoms with Gasteiger partial charge in [-0.25, -0.2) is 4.79 Å². The molecule has 0 spiro atoms. The standard InChI is InChI=1S/C13H10N2O2S2/c16-13-11(14-6-5-9-3-1-7-18-9)15-12(17-13)10-4-2-8-19-10/h1-4,7-8H,5-6H2. The van der Waals surface area contributed by atoms with Crippen molar-refractivity contribution >= 4 is 40.4 Å². The predicted molar refractivity (Wildman–Crippen MR) is 77.3 cm³/mol. The lowest BCUT2D eigenvalue weighted by molar-refractivity contribution is -0.127. The predicted octanol–water partition coefficient (Wildman–Crippen LogP) is 2.75. The van der Waals surface area contributed by atoms with Gasteiger partial charge in [0.05, 0.1) is 4.88 Å². The Kier molecular flexibility index (Phi) is 3.52. The van der Waals surface area contributed by atoms with Crippen molar-refractivity contribution in [2.45, 2.75) is 6.42 Å². The summed E-state index contributed by atoms with van der Waals surface area (Å²) in [6, 6.07) is 7.82. The average Bonchev–Trinajstić information content (AvgIpc) is 3.11. The van der Waals surface area contributed by atoms with E-state index < -0.39 is 5.97 Å². The van der Waals surface area contributed by atoms with Crippen LogP contribution in [-0.2, 0) is 16.0 Å². The zero-order chi connectivity index (χ0) is 13.1. The monoisotopic (exact) mass is 290 g/mol. The lowest BCUT2D eigenvalue weighted by Gasteiger charge is -1.93. The second kappa shape index (κ2) is 5.46. The number of cyclic esters (lactones) is 1. The molecular weight excluding hydrogens is 280 g/mol. The van der Waals surface area contributed by atoms with E-state index in [0.29, 0.717) is 12.4 Å². The van der Waals surface area contributed by atoms with Gasteiger partial charge >= 0.3 is 5.97 Å². The third-order valence-electron chi connectivity index (χ3n) is 2.51. The van der Waals surface area contributed by atoms with E-state index >= 15 is 0 Å². The maximum absolute atomic E-state index is 11.6. The number of hydrogen-bond acceptors (Lipinski definition) is 5. The molecule has 0 N–H and O–H groups in total. The number of aliphatic imine (C=N–C) groups is 2. The van der Waals surface area contributed by atoms with Crippen LogP contribution in [0.5, 0.6) is 0 Å². The zero-order valence-electron chi connectivity index (χ0n) is 9.91. The lowest BCUT2D eigenvalue weighted by atomic mass is 10.3. The third kappa shape index (κ3) is 2.80. The number of ether oxygens (including phenoxy) is 1. The number of rotatable bonds is 4. The van der Waals surface area contributed by atoms with Crippen LogP contribution in [0.15, 0.2) is 45.0 Å². The Morgan fingerprint density at radius 2 is 2.05 bits per heavy atom. The highest BCUT2D eigenvalue weighted by Crippen LogP contribution is 2.15. The van der Waals surface area contributed by atoms with Crippen molar-refractivity contribution in [2.24, 2.45) is 9.98 Å². The van der Waals surface area contributed by atoms with E-state index in [1.807, 2.05) is 29.0 Å². The van der Waals surface area contributed by atoms with Crippen LogP contribution in [0.3, 0.4) is 0 Å². The Hall–Kier alpha value is -1.79. The quantitative estimate of drug-likeness (QED) is 0.813. The van der Waals surface area contributed by atoms with Crippen LogP contribution in [0.4, 0.5) is 0 Å². The molecule has 0 unspecified atom stereocenters. The van der Waals surface area contributed by atoms with Crippen LogP contribution in [-0.4, -0.2) is 24.2 Å². The topological polar surface area (TPSA) is 51.0 Å². The fourth-order valence-electron chi connectivity index (χ4n) is 1.63. The molecule has 0 amide bonds. The van der Waals surface area contributed by atoms with Crippen molar-refractivity contribution in [3.8, 4) is 0 Å². The highest BCUT2D eigenvalue weighted by molar-refractivity contribution is 7.12. The normalized spacial score (nSPS) is 16.7. The Bertz CT molecular complexity index is 628. The number of esters is 1. The minimum Gasteiger partial charge on any atom is -0.400 e. The highest BCUT2D eigenvalue weighted by Gasteiger charge is 2.25. The molecule has 4 nitrogen and oxygen atoms in total. The summed E-state index contributed by atoms with van der Waals surface area (Å²) >= 11 is 3.17. The molecule has 0 bridgehead atoms. The van der Waals surface area contributed by atoms with E-state index in [-0.39, 0.29) is 5.84 Å². The minimum atomic E-state index is -0.463. The molecule has 0 aromatic carbocycles. The van der Waals surface area contributed by atoms with Crippen molar-refractivity contribution in [2.75, 3.05) is 6.54 Å². The van der Waals surface area contributed by atoms with Crippen LogP contribution >= 0.6 is 22.7 Å². The van der Waals surface area contributed by atoms with E-state index in [0.717, 1.165) is 11.3 Å². The number of hydrogen-bond donors (Lipinski definition) is 0. The molecule has 3 heterocycles. The van der Waals surface area contributed by atoms with Gasteiger partial charge in [0, 0.05) is 17.8 Å². The molecule has 19 heavy (non-hydrogen) atoms. The Balaban J connectivity index is 1.68. The molecule has 0 saturated heterocycles. The van der Waals surface area contributed by atoms with Gasteiger partial charge in [-0.15, -0.1) is 22.7 Å². The first-order valence-electron chi connectivity index (χ1n) is 5.74. The van der Waals surface area contributed by atoms with Crippen molar-refractivity contribution in [3.63, 3.8) is 0 Å². The van der Waals surface area contributed by atoms with Gasteiger partial charge in [-0.1, -0.05) is 12.1 Å². The third-order valence-corrected chi connectivity index (χ3v) is 4.31. The molecule has 3 rings (SSSR count). The number of thiophene rings is 2. The minimum absolute atomic E-state index is 0.167. The lowest BCUT2D eigenvalue weighted by Crippen LogP contribution is -2.09. The van der Waals surface area contributed by atoms with Gasteiger partial charge in [-0.2, -0.15) is 4.99 Å². The molecular formula is C13H10N2O2S2.